The molecule has 0 N–H and O–H groups in total. The van der Waals surface area contributed by atoms with Gasteiger partial charge in [0.15, 0.2) is 0 Å². The number of hydrogen-bond donors (Lipinski definition) is 0. The van der Waals surface area contributed by atoms with Gasteiger partial charge in [0.05, 0.1) is 16.7 Å². The number of thiophene rings is 1. The van der Waals surface area contributed by atoms with Gasteiger partial charge in [-0.05, 0) is 94.9 Å². The van der Waals surface area contributed by atoms with Crippen LogP contribution in [-0.2, 0) is 0 Å². The first-order chi connectivity index (χ1) is 30.7. The standard InChI is InChI=1S/C58H36N2OS/c1-2-13-41(14-3-1)60-51-20-8-6-17-50(51)56-52(21-11-22-53(56)60)59(42-30-24-37(25-31-42)40-29-34-47-46-16-7-9-23-54(46)62-55(47)36-40)43-32-26-39(27-33-43)45-18-10-19-48-49-35-28-38-12-4-5-15-44(38)58(49)61-57(45)48/h1-36H. The molecule has 0 aliphatic rings. The Kier molecular flexibility index (Phi) is 7.78. The van der Waals surface area contributed by atoms with Crippen LogP contribution in [0.1, 0.15) is 0 Å². The van der Waals surface area contributed by atoms with Crippen LogP contribution in [0.15, 0.2) is 223 Å². The Labute approximate surface area is 361 Å². The number of anilines is 3. The number of aromatic nitrogens is 1. The van der Waals surface area contributed by atoms with Crippen molar-refractivity contribution in [2.24, 2.45) is 0 Å². The van der Waals surface area contributed by atoms with Gasteiger partial charge in [-0.2, -0.15) is 0 Å². The minimum absolute atomic E-state index is 0.909. The zero-order valence-corrected chi connectivity index (χ0v) is 34.3. The highest BCUT2D eigenvalue weighted by Crippen LogP contribution is 2.46. The highest BCUT2D eigenvalue weighted by atomic mass is 32.1. The third kappa shape index (κ3) is 5.37. The first-order valence-corrected chi connectivity index (χ1v) is 21.9. The monoisotopic (exact) mass is 808 g/mol. The van der Waals surface area contributed by atoms with Crippen LogP contribution in [-0.4, -0.2) is 4.57 Å². The van der Waals surface area contributed by atoms with E-state index in [1.807, 2.05) is 11.3 Å². The van der Waals surface area contributed by atoms with Crippen LogP contribution in [0.3, 0.4) is 0 Å². The van der Waals surface area contributed by atoms with Crippen LogP contribution in [0.4, 0.5) is 17.1 Å². The molecular weight excluding hydrogens is 773 g/mol. The fourth-order valence-electron chi connectivity index (χ4n) is 9.72. The molecule has 290 valence electrons. The molecular formula is C58H36N2OS. The van der Waals surface area contributed by atoms with E-state index in [1.165, 1.54) is 53.0 Å². The summed E-state index contributed by atoms with van der Waals surface area (Å²) in [7, 11) is 0. The van der Waals surface area contributed by atoms with E-state index in [4.69, 9.17) is 4.42 Å². The lowest BCUT2D eigenvalue weighted by atomic mass is 10.0. The number of fused-ring (bicyclic) bond motifs is 11. The highest BCUT2D eigenvalue weighted by molar-refractivity contribution is 7.25. The van der Waals surface area contributed by atoms with Crippen molar-refractivity contribution >= 4 is 103 Å². The molecule has 3 nitrogen and oxygen atoms in total. The van der Waals surface area contributed by atoms with E-state index in [1.54, 1.807) is 0 Å². The average Bonchev–Trinajstić information content (AvgIpc) is 4.02. The molecule has 0 unspecified atom stereocenters. The van der Waals surface area contributed by atoms with Gasteiger partial charge < -0.3 is 13.9 Å². The summed E-state index contributed by atoms with van der Waals surface area (Å²) in [4.78, 5) is 2.42. The molecule has 0 saturated carbocycles. The molecule has 0 radical (unpaired) electrons. The van der Waals surface area contributed by atoms with E-state index >= 15 is 0 Å². The van der Waals surface area contributed by atoms with Crippen molar-refractivity contribution < 1.29 is 4.42 Å². The second-order valence-corrected chi connectivity index (χ2v) is 17.1. The maximum absolute atomic E-state index is 6.77. The maximum Gasteiger partial charge on any atom is 0.143 e. The van der Waals surface area contributed by atoms with Gasteiger partial charge >= 0.3 is 0 Å². The summed E-state index contributed by atoms with van der Waals surface area (Å²) in [6.07, 6.45) is 0. The van der Waals surface area contributed by atoms with Gasteiger partial charge in [-0.1, -0.05) is 146 Å². The molecule has 4 heteroatoms. The minimum Gasteiger partial charge on any atom is -0.455 e. The normalized spacial score (nSPS) is 11.9. The van der Waals surface area contributed by atoms with Gasteiger partial charge in [0, 0.05) is 69.7 Å². The van der Waals surface area contributed by atoms with Gasteiger partial charge in [0.1, 0.15) is 11.2 Å². The summed E-state index contributed by atoms with van der Waals surface area (Å²) in [6, 6.07) is 79.1. The smallest absolute Gasteiger partial charge is 0.143 e. The zero-order chi connectivity index (χ0) is 40.7. The van der Waals surface area contributed by atoms with Crippen LogP contribution in [0.25, 0.3) is 103 Å². The fourth-order valence-corrected chi connectivity index (χ4v) is 10.9. The van der Waals surface area contributed by atoms with Gasteiger partial charge in [0.25, 0.3) is 0 Å². The Bertz CT molecular complexity index is 3860. The van der Waals surface area contributed by atoms with Crippen molar-refractivity contribution in [2.45, 2.75) is 0 Å². The van der Waals surface area contributed by atoms with Gasteiger partial charge in [-0.25, -0.2) is 0 Å². The predicted octanol–water partition coefficient (Wildman–Crippen LogP) is 17.0. The summed E-state index contributed by atoms with van der Waals surface area (Å²) in [5.74, 6) is 0. The van der Waals surface area contributed by atoms with Gasteiger partial charge in [-0.15, -0.1) is 11.3 Å². The molecule has 0 spiro atoms. The predicted molar refractivity (Wildman–Crippen MR) is 264 cm³/mol. The second-order valence-electron chi connectivity index (χ2n) is 16.0. The summed E-state index contributed by atoms with van der Waals surface area (Å²) >= 11 is 1.86. The summed E-state index contributed by atoms with van der Waals surface area (Å²) in [5.41, 5.74) is 13.2. The third-order valence-electron chi connectivity index (χ3n) is 12.6. The molecule has 13 rings (SSSR count). The summed E-state index contributed by atoms with van der Waals surface area (Å²) < 4.78 is 11.8. The van der Waals surface area contributed by atoms with Crippen molar-refractivity contribution in [3.8, 4) is 27.9 Å². The average molecular weight is 809 g/mol. The third-order valence-corrected chi connectivity index (χ3v) is 13.7. The quantitative estimate of drug-likeness (QED) is 0.167. The van der Waals surface area contributed by atoms with E-state index in [0.717, 1.165) is 66.7 Å². The van der Waals surface area contributed by atoms with E-state index in [-0.39, 0.29) is 0 Å². The van der Waals surface area contributed by atoms with Crippen molar-refractivity contribution in [3.63, 3.8) is 0 Å². The van der Waals surface area contributed by atoms with Crippen molar-refractivity contribution in [1.29, 1.82) is 0 Å². The van der Waals surface area contributed by atoms with Gasteiger partial charge in [0.2, 0.25) is 0 Å². The minimum atomic E-state index is 0.909. The number of benzene rings is 10. The Balaban J connectivity index is 0.974. The van der Waals surface area contributed by atoms with Gasteiger partial charge in [-0.3, -0.25) is 0 Å². The Hall–Kier alpha value is -7.92. The first-order valence-electron chi connectivity index (χ1n) is 21.1. The first kappa shape index (κ1) is 34.9. The molecule has 0 bridgehead atoms. The second kappa shape index (κ2) is 13.8. The fraction of sp³-hybridized carbons (Fsp3) is 0. The SMILES string of the molecule is c1ccc(-n2c3ccccc3c3c(N(c4ccc(-c5ccc6c(c5)sc5ccccc56)cc4)c4ccc(-c5cccc6c5oc5c7ccccc7ccc65)cc4)cccc32)cc1. The Morgan fingerprint density at radius 1 is 0.387 bits per heavy atom. The molecule has 62 heavy (non-hydrogen) atoms. The molecule has 0 aliphatic carbocycles. The molecule has 13 aromatic rings. The van der Waals surface area contributed by atoms with Crippen LogP contribution in [0, 0.1) is 0 Å². The van der Waals surface area contributed by atoms with E-state index in [9.17, 15) is 0 Å². The summed E-state index contributed by atoms with van der Waals surface area (Å²) in [6.45, 7) is 0. The maximum atomic E-state index is 6.77. The molecule has 0 saturated heterocycles. The van der Waals surface area contributed by atoms with Crippen molar-refractivity contribution in [1.82, 2.24) is 4.57 Å². The highest BCUT2D eigenvalue weighted by Gasteiger charge is 2.22. The number of rotatable bonds is 6. The summed E-state index contributed by atoms with van der Waals surface area (Å²) in [5, 5.41) is 9.62. The molecule has 3 aromatic heterocycles. The Morgan fingerprint density at radius 2 is 1.00 bits per heavy atom. The van der Waals surface area contributed by atoms with Crippen LogP contribution in [0.2, 0.25) is 0 Å². The molecule has 3 heterocycles. The van der Waals surface area contributed by atoms with E-state index in [2.05, 4.69) is 228 Å². The molecule has 0 amide bonds. The number of furan rings is 1. The van der Waals surface area contributed by atoms with Crippen molar-refractivity contribution in [3.05, 3.63) is 218 Å². The number of nitrogens with zero attached hydrogens (tertiary/aromatic N) is 2. The molecule has 0 atom stereocenters. The van der Waals surface area contributed by atoms with E-state index < -0.39 is 0 Å². The van der Waals surface area contributed by atoms with E-state index in [0.29, 0.717) is 0 Å². The van der Waals surface area contributed by atoms with Crippen LogP contribution in [0.5, 0.6) is 0 Å². The largest absolute Gasteiger partial charge is 0.455 e. The zero-order valence-electron chi connectivity index (χ0n) is 33.5. The number of para-hydroxylation sites is 3. The lowest BCUT2D eigenvalue weighted by Gasteiger charge is -2.27. The van der Waals surface area contributed by atoms with Crippen LogP contribution < -0.4 is 4.90 Å². The molecule has 10 aromatic carbocycles. The molecule has 0 aliphatic heterocycles. The number of hydrogen-bond acceptors (Lipinski definition) is 3. The van der Waals surface area contributed by atoms with Crippen LogP contribution >= 0.6 is 11.3 Å². The van der Waals surface area contributed by atoms with Crippen molar-refractivity contribution in [2.75, 3.05) is 4.90 Å². The molecule has 0 fully saturated rings. The lowest BCUT2D eigenvalue weighted by Crippen LogP contribution is -2.10. The topological polar surface area (TPSA) is 21.3 Å². The lowest BCUT2D eigenvalue weighted by molar-refractivity contribution is 0.674. The Morgan fingerprint density at radius 3 is 1.84 bits per heavy atom.